The van der Waals surface area contributed by atoms with Crippen LogP contribution >= 0.6 is 0 Å². The van der Waals surface area contributed by atoms with Crippen molar-refractivity contribution in [3.8, 4) is 0 Å². The molecule has 0 amide bonds. The molecular weight excluding hydrogens is 212 g/mol. The Morgan fingerprint density at radius 3 is 2.76 bits per heavy atom. The third-order valence-electron chi connectivity index (χ3n) is 3.91. The lowest BCUT2D eigenvalue weighted by Crippen LogP contribution is -2.17. The normalized spacial score (nSPS) is 41.8. The molecule has 0 aromatic carbocycles. The molecule has 2 nitrogen and oxygen atoms in total. The van der Waals surface area contributed by atoms with Crippen LogP contribution in [0.3, 0.4) is 0 Å². The lowest BCUT2D eigenvalue weighted by atomic mass is 9.84. The second-order valence-corrected chi connectivity index (χ2v) is 6.24. The van der Waals surface area contributed by atoms with Crippen molar-refractivity contribution in [3.05, 3.63) is 23.8 Å². The summed E-state index contributed by atoms with van der Waals surface area (Å²) in [7, 11) is 0. The first-order valence-electron chi connectivity index (χ1n) is 6.41. The van der Waals surface area contributed by atoms with Crippen LogP contribution in [0.1, 0.15) is 47.0 Å². The van der Waals surface area contributed by atoms with E-state index in [2.05, 4.69) is 20.8 Å². The number of rotatable bonds is 0. The number of epoxide rings is 1. The summed E-state index contributed by atoms with van der Waals surface area (Å²) < 4.78 is 5.83. The van der Waals surface area contributed by atoms with E-state index in [1.165, 1.54) is 0 Å². The number of hydrogen-bond donors (Lipinski definition) is 0. The monoisotopic (exact) mass is 234 g/mol. The van der Waals surface area contributed by atoms with Gasteiger partial charge < -0.3 is 4.74 Å². The van der Waals surface area contributed by atoms with Gasteiger partial charge in [0.05, 0.1) is 11.7 Å². The molecule has 1 heterocycles. The Morgan fingerprint density at radius 2 is 2.06 bits per heavy atom. The van der Waals surface area contributed by atoms with Crippen LogP contribution in [0.15, 0.2) is 23.8 Å². The molecule has 17 heavy (non-hydrogen) atoms. The summed E-state index contributed by atoms with van der Waals surface area (Å²) >= 11 is 0. The zero-order chi connectivity index (χ0) is 12.7. The van der Waals surface area contributed by atoms with Gasteiger partial charge in [-0.2, -0.15) is 0 Å². The molecule has 0 saturated carbocycles. The van der Waals surface area contributed by atoms with E-state index in [-0.39, 0.29) is 16.8 Å². The topological polar surface area (TPSA) is 29.6 Å². The summed E-state index contributed by atoms with van der Waals surface area (Å²) in [5, 5.41) is 0. The molecule has 0 unspecified atom stereocenters. The fourth-order valence-electron chi connectivity index (χ4n) is 2.42. The molecule has 1 aliphatic heterocycles. The highest BCUT2D eigenvalue weighted by atomic mass is 16.6. The van der Waals surface area contributed by atoms with Crippen LogP contribution in [-0.4, -0.2) is 17.5 Å². The second kappa shape index (κ2) is 4.09. The van der Waals surface area contributed by atoms with Gasteiger partial charge in [0.25, 0.3) is 0 Å². The van der Waals surface area contributed by atoms with Crippen LogP contribution < -0.4 is 0 Å². The quantitative estimate of drug-likeness (QED) is 0.601. The Kier molecular flexibility index (Phi) is 3.03. The number of carbonyl (C=O) groups excluding carboxylic acids is 1. The Bertz CT molecular complexity index is 390. The van der Waals surface area contributed by atoms with Gasteiger partial charge in [0.15, 0.2) is 5.78 Å². The van der Waals surface area contributed by atoms with E-state index in [9.17, 15) is 4.79 Å². The molecule has 0 aromatic rings. The summed E-state index contributed by atoms with van der Waals surface area (Å²) in [5.74, 6) is 0.139. The number of fused-ring (bicyclic) bond motifs is 1. The van der Waals surface area contributed by atoms with Gasteiger partial charge in [-0.05, 0) is 50.2 Å². The van der Waals surface area contributed by atoms with E-state index in [1.54, 1.807) is 6.08 Å². The number of ketones is 1. The molecule has 0 aromatic heterocycles. The zero-order valence-electron chi connectivity index (χ0n) is 11.2. The fourth-order valence-corrected chi connectivity index (χ4v) is 2.42. The lowest BCUT2D eigenvalue weighted by Gasteiger charge is -2.19. The first-order chi connectivity index (χ1) is 7.82. The average molecular weight is 234 g/mol. The van der Waals surface area contributed by atoms with E-state index in [0.29, 0.717) is 6.10 Å². The second-order valence-electron chi connectivity index (χ2n) is 6.24. The Labute approximate surface area is 104 Å². The molecule has 1 fully saturated rings. The highest BCUT2D eigenvalue weighted by Gasteiger charge is 2.52. The van der Waals surface area contributed by atoms with Crippen molar-refractivity contribution in [2.24, 2.45) is 5.41 Å². The number of allylic oxidation sites excluding steroid dienone is 4. The molecule has 2 rings (SSSR count). The molecule has 94 valence electrons. The Morgan fingerprint density at radius 1 is 1.35 bits per heavy atom. The van der Waals surface area contributed by atoms with Gasteiger partial charge >= 0.3 is 0 Å². The van der Waals surface area contributed by atoms with Gasteiger partial charge in [-0.25, -0.2) is 0 Å². The number of carbonyl (C=O) groups is 1. The van der Waals surface area contributed by atoms with Crippen LogP contribution in [0.4, 0.5) is 0 Å². The lowest BCUT2D eigenvalue weighted by molar-refractivity contribution is -0.111. The predicted molar refractivity (Wildman–Crippen MR) is 68.8 cm³/mol. The maximum atomic E-state index is 11.8. The van der Waals surface area contributed by atoms with Crippen molar-refractivity contribution in [3.63, 3.8) is 0 Å². The van der Waals surface area contributed by atoms with Crippen molar-refractivity contribution < 1.29 is 9.53 Å². The molecule has 2 aliphatic rings. The van der Waals surface area contributed by atoms with Crippen LogP contribution in [-0.2, 0) is 9.53 Å². The molecular formula is C15H22O2. The first-order valence-corrected chi connectivity index (χ1v) is 6.41. The van der Waals surface area contributed by atoms with Crippen molar-refractivity contribution >= 4 is 5.78 Å². The summed E-state index contributed by atoms with van der Waals surface area (Å²) in [6.07, 6.45) is 9.07. The maximum Gasteiger partial charge on any atom is 0.180 e. The average Bonchev–Trinajstić information content (AvgIpc) is 2.83. The van der Waals surface area contributed by atoms with Crippen LogP contribution in [0.5, 0.6) is 0 Å². The largest absolute Gasteiger partial charge is 0.366 e. The van der Waals surface area contributed by atoms with E-state index >= 15 is 0 Å². The Balaban J connectivity index is 2.21. The highest BCUT2D eigenvalue weighted by Crippen LogP contribution is 2.46. The molecule has 2 heteroatoms. The van der Waals surface area contributed by atoms with E-state index in [1.807, 2.05) is 19.1 Å². The molecule has 0 N–H and O–H groups in total. The SMILES string of the molecule is C/C1=C/CC[C@]2(C)O[C@@H]2CC(C)(C)/C=C/C1=O. The number of ether oxygens (including phenoxy) is 1. The third kappa shape index (κ3) is 2.86. The fraction of sp³-hybridized carbons (Fsp3) is 0.667. The van der Waals surface area contributed by atoms with Gasteiger partial charge in [0, 0.05) is 0 Å². The van der Waals surface area contributed by atoms with Crippen LogP contribution in [0, 0.1) is 5.41 Å². The van der Waals surface area contributed by atoms with Gasteiger partial charge in [-0.15, -0.1) is 0 Å². The van der Waals surface area contributed by atoms with Gasteiger partial charge in [0.2, 0.25) is 0 Å². The van der Waals surface area contributed by atoms with Gasteiger partial charge in [0.1, 0.15) is 0 Å². The summed E-state index contributed by atoms with van der Waals surface area (Å²) in [5.41, 5.74) is 0.914. The zero-order valence-corrected chi connectivity index (χ0v) is 11.2. The Hall–Kier alpha value is -0.890. The van der Waals surface area contributed by atoms with Gasteiger partial charge in [-0.1, -0.05) is 26.0 Å². The summed E-state index contributed by atoms with van der Waals surface area (Å²) in [6.45, 7) is 8.40. The number of hydrogen-bond acceptors (Lipinski definition) is 2. The predicted octanol–water partition coefficient (Wildman–Crippen LogP) is 3.43. The molecule has 0 spiro atoms. The minimum absolute atomic E-state index is 0.0305. The molecule has 0 radical (unpaired) electrons. The van der Waals surface area contributed by atoms with Crippen molar-refractivity contribution in [2.45, 2.75) is 58.7 Å². The minimum Gasteiger partial charge on any atom is -0.366 e. The maximum absolute atomic E-state index is 11.8. The van der Waals surface area contributed by atoms with E-state index in [0.717, 1.165) is 24.8 Å². The van der Waals surface area contributed by atoms with Crippen LogP contribution in [0.2, 0.25) is 0 Å². The minimum atomic E-state index is 0.0305. The van der Waals surface area contributed by atoms with Crippen molar-refractivity contribution in [1.29, 1.82) is 0 Å². The summed E-state index contributed by atoms with van der Waals surface area (Å²) in [4.78, 5) is 11.8. The van der Waals surface area contributed by atoms with Crippen molar-refractivity contribution in [2.75, 3.05) is 0 Å². The van der Waals surface area contributed by atoms with E-state index in [4.69, 9.17) is 4.74 Å². The van der Waals surface area contributed by atoms with Crippen LogP contribution in [0.25, 0.3) is 0 Å². The molecule has 1 saturated heterocycles. The summed E-state index contributed by atoms with van der Waals surface area (Å²) in [6, 6.07) is 0. The first kappa shape index (κ1) is 12.6. The van der Waals surface area contributed by atoms with Gasteiger partial charge in [-0.3, -0.25) is 4.79 Å². The molecule has 0 bridgehead atoms. The standard InChI is InChI=1S/C15H22O2/c1-11-6-5-8-15(4)13(17-15)10-14(2,3)9-7-12(11)16/h6-7,9,13H,5,8,10H2,1-4H3/b9-7+,11-6-/t13-,15+/m1/s1. The van der Waals surface area contributed by atoms with E-state index < -0.39 is 0 Å². The van der Waals surface area contributed by atoms with Crippen molar-refractivity contribution in [1.82, 2.24) is 0 Å². The highest BCUT2D eigenvalue weighted by molar-refractivity contribution is 6.03. The molecule has 2 atom stereocenters. The molecule has 1 aliphatic carbocycles. The smallest absolute Gasteiger partial charge is 0.180 e. The third-order valence-corrected chi connectivity index (χ3v) is 3.91.